The van der Waals surface area contributed by atoms with Crippen LogP contribution in [0.3, 0.4) is 0 Å². The molecule has 0 saturated carbocycles. The van der Waals surface area contributed by atoms with E-state index in [9.17, 15) is 9.18 Å². The highest BCUT2D eigenvalue weighted by Gasteiger charge is 2.07. The molecule has 2 aromatic rings. The second-order valence-corrected chi connectivity index (χ2v) is 5.24. The highest BCUT2D eigenvalue weighted by Crippen LogP contribution is 2.27. The van der Waals surface area contributed by atoms with Crippen molar-refractivity contribution in [3.63, 3.8) is 0 Å². The van der Waals surface area contributed by atoms with Gasteiger partial charge >= 0.3 is 0 Å². The van der Waals surface area contributed by atoms with Gasteiger partial charge in [0.05, 0.1) is 5.02 Å². The van der Waals surface area contributed by atoms with Crippen LogP contribution in [0.1, 0.15) is 0 Å². The molecule has 20 heavy (non-hydrogen) atoms. The molecule has 0 radical (unpaired) electrons. The van der Waals surface area contributed by atoms with Crippen LogP contribution in [0, 0.1) is 5.82 Å². The number of hydrogen-bond donors (Lipinski definition) is 1. The molecule has 0 aromatic heterocycles. The zero-order chi connectivity index (χ0) is 14.5. The minimum Gasteiger partial charge on any atom is -0.482 e. The number of benzene rings is 2. The zero-order valence-electron chi connectivity index (χ0n) is 10.2. The predicted molar refractivity (Wildman–Crippen MR) is 79.7 cm³/mol. The molecule has 0 unspecified atom stereocenters. The topological polar surface area (TPSA) is 38.3 Å². The van der Waals surface area contributed by atoms with Gasteiger partial charge in [-0.05, 0) is 36.4 Å². The molecule has 1 N–H and O–H groups in total. The summed E-state index contributed by atoms with van der Waals surface area (Å²) in [5.41, 5.74) is 0.375. The van der Waals surface area contributed by atoms with Crippen molar-refractivity contribution in [1.29, 1.82) is 0 Å². The van der Waals surface area contributed by atoms with Gasteiger partial charge in [-0.15, -0.1) is 0 Å². The van der Waals surface area contributed by atoms with E-state index in [0.717, 1.165) is 4.47 Å². The molecule has 0 saturated heterocycles. The third-order valence-corrected chi connectivity index (χ3v) is 3.15. The fourth-order valence-electron chi connectivity index (χ4n) is 1.50. The van der Waals surface area contributed by atoms with Crippen LogP contribution >= 0.6 is 27.5 Å². The van der Waals surface area contributed by atoms with Gasteiger partial charge in [-0.3, -0.25) is 4.79 Å². The summed E-state index contributed by atoms with van der Waals surface area (Å²) in [6.45, 7) is -0.210. The van der Waals surface area contributed by atoms with E-state index in [0.29, 0.717) is 16.5 Å². The predicted octanol–water partition coefficient (Wildman–Crippen LogP) is 4.26. The highest BCUT2D eigenvalue weighted by atomic mass is 79.9. The molecule has 1 amide bonds. The number of carbonyl (C=O) groups excluding carboxylic acids is 1. The van der Waals surface area contributed by atoms with Gasteiger partial charge in [-0.1, -0.05) is 33.6 Å². The quantitative estimate of drug-likeness (QED) is 0.887. The Kier molecular flexibility index (Phi) is 4.98. The van der Waals surface area contributed by atoms with Gasteiger partial charge in [0.15, 0.2) is 6.61 Å². The summed E-state index contributed by atoms with van der Waals surface area (Å²) in [6, 6.07) is 10.7. The third kappa shape index (κ3) is 4.21. The Hall–Kier alpha value is -1.59. The summed E-state index contributed by atoms with van der Waals surface area (Å²) in [7, 11) is 0. The molecule has 0 spiro atoms. The Morgan fingerprint density at radius 2 is 2.10 bits per heavy atom. The van der Waals surface area contributed by atoms with E-state index in [2.05, 4.69) is 21.2 Å². The molecular formula is C14H10BrClFNO2. The molecule has 2 aromatic carbocycles. The molecular weight excluding hydrogens is 349 g/mol. The lowest BCUT2D eigenvalue weighted by atomic mass is 10.3. The highest BCUT2D eigenvalue weighted by molar-refractivity contribution is 9.10. The van der Waals surface area contributed by atoms with Crippen LogP contribution in [0.25, 0.3) is 0 Å². The normalized spacial score (nSPS) is 10.2. The lowest BCUT2D eigenvalue weighted by molar-refractivity contribution is -0.118. The number of hydrogen-bond acceptors (Lipinski definition) is 2. The summed E-state index contributed by atoms with van der Waals surface area (Å²) in [5.74, 6) is -0.404. The second-order valence-electron chi connectivity index (χ2n) is 3.92. The molecule has 0 atom stereocenters. The van der Waals surface area contributed by atoms with Crippen LogP contribution in [0.4, 0.5) is 10.1 Å². The van der Waals surface area contributed by atoms with Crippen LogP contribution in [-0.4, -0.2) is 12.5 Å². The lowest BCUT2D eigenvalue weighted by Gasteiger charge is -2.09. The molecule has 104 valence electrons. The first kappa shape index (κ1) is 14.8. The maximum Gasteiger partial charge on any atom is 0.262 e. The van der Waals surface area contributed by atoms with Gasteiger partial charge in [-0.25, -0.2) is 4.39 Å². The van der Waals surface area contributed by atoms with Gasteiger partial charge in [0, 0.05) is 10.2 Å². The molecule has 0 heterocycles. The van der Waals surface area contributed by atoms with Crippen LogP contribution in [0.15, 0.2) is 46.9 Å². The monoisotopic (exact) mass is 357 g/mol. The van der Waals surface area contributed by atoms with Crippen LogP contribution in [0.2, 0.25) is 5.02 Å². The van der Waals surface area contributed by atoms with E-state index in [1.165, 1.54) is 18.2 Å². The number of nitrogens with one attached hydrogen (secondary N) is 1. The van der Waals surface area contributed by atoms with Crippen LogP contribution < -0.4 is 10.1 Å². The molecule has 6 heteroatoms. The Morgan fingerprint density at radius 3 is 2.80 bits per heavy atom. The first-order chi connectivity index (χ1) is 9.54. The van der Waals surface area contributed by atoms with E-state index in [-0.39, 0.29) is 6.61 Å². The standard InChI is InChI=1S/C14H10BrClFNO2/c15-9-4-5-13(12(16)6-9)20-8-14(19)18-11-3-1-2-10(17)7-11/h1-7H,8H2,(H,18,19). The SMILES string of the molecule is O=C(COc1ccc(Br)cc1Cl)Nc1cccc(F)c1. The average Bonchev–Trinajstić information content (AvgIpc) is 2.37. The summed E-state index contributed by atoms with van der Waals surface area (Å²) in [4.78, 5) is 11.7. The van der Waals surface area contributed by atoms with Crippen molar-refractivity contribution >= 4 is 39.1 Å². The smallest absolute Gasteiger partial charge is 0.262 e. The minimum absolute atomic E-state index is 0.210. The van der Waals surface area contributed by atoms with Gasteiger partial charge < -0.3 is 10.1 Å². The molecule has 3 nitrogen and oxygen atoms in total. The van der Waals surface area contributed by atoms with Crippen molar-refractivity contribution in [3.8, 4) is 5.75 Å². The van der Waals surface area contributed by atoms with Crippen LogP contribution in [-0.2, 0) is 4.79 Å². The fraction of sp³-hybridized carbons (Fsp3) is 0.0714. The van der Waals surface area contributed by atoms with Gasteiger partial charge in [0.1, 0.15) is 11.6 Å². The van der Waals surface area contributed by atoms with Crippen molar-refractivity contribution in [2.75, 3.05) is 11.9 Å². The van der Waals surface area contributed by atoms with E-state index in [1.807, 2.05) is 0 Å². The van der Waals surface area contributed by atoms with Gasteiger partial charge in [-0.2, -0.15) is 0 Å². The Morgan fingerprint density at radius 1 is 1.30 bits per heavy atom. The van der Waals surface area contributed by atoms with Crippen molar-refractivity contribution < 1.29 is 13.9 Å². The Labute approximate surface area is 128 Å². The van der Waals surface area contributed by atoms with Crippen molar-refractivity contribution in [2.24, 2.45) is 0 Å². The summed E-state index contributed by atoms with van der Waals surface area (Å²) in [6.07, 6.45) is 0. The number of carbonyl (C=O) groups is 1. The molecule has 0 bridgehead atoms. The number of amides is 1. The number of rotatable bonds is 4. The van der Waals surface area contributed by atoms with Crippen molar-refractivity contribution in [3.05, 3.63) is 57.8 Å². The van der Waals surface area contributed by atoms with Gasteiger partial charge in [0.2, 0.25) is 0 Å². The number of halogens is 3. The molecule has 0 aliphatic heterocycles. The molecule has 0 aliphatic carbocycles. The summed E-state index contributed by atoms with van der Waals surface area (Å²) in [5, 5.41) is 2.93. The van der Waals surface area contributed by atoms with E-state index in [1.54, 1.807) is 24.3 Å². The third-order valence-electron chi connectivity index (χ3n) is 2.36. The fourth-order valence-corrected chi connectivity index (χ4v) is 2.23. The lowest BCUT2D eigenvalue weighted by Crippen LogP contribution is -2.20. The van der Waals surface area contributed by atoms with Gasteiger partial charge in [0.25, 0.3) is 5.91 Å². The summed E-state index contributed by atoms with van der Waals surface area (Å²) >= 11 is 9.23. The van der Waals surface area contributed by atoms with E-state index in [4.69, 9.17) is 16.3 Å². The van der Waals surface area contributed by atoms with E-state index >= 15 is 0 Å². The first-order valence-electron chi connectivity index (χ1n) is 5.68. The van der Waals surface area contributed by atoms with Crippen molar-refractivity contribution in [1.82, 2.24) is 0 Å². The maximum absolute atomic E-state index is 13.0. The second kappa shape index (κ2) is 6.72. The molecule has 0 aliphatic rings. The average molecular weight is 359 g/mol. The minimum atomic E-state index is -0.417. The number of anilines is 1. The summed E-state index contributed by atoms with van der Waals surface area (Å²) < 4.78 is 19.1. The first-order valence-corrected chi connectivity index (χ1v) is 6.85. The Balaban J connectivity index is 1.92. The zero-order valence-corrected chi connectivity index (χ0v) is 12.5. The van der Waals surface area contributed by atoms with Crippen LogP contribution in [0.5, 0.6) is 5.75 Å². The van der Waals surface area contributed by atoms with E-state index < -0.39 is 11.7 Å². The molecule has 2 rings (SSSR count). The number of ether oxygens (including phenoxy) is 1. The van der Waals surface area contributed by atoms with Crippen molar-refractivity contribution in [2.45, 2.75) is 0 Å². The largest absolute Gasteiger partial charge is 0.482 e. The maximum atomic E-state index is 13.0. The molecule has 0 fully saturated rings. The Bertz CT molecular complexity index is 636.